The van der Waals surface area contributed by atoms with Gasteiger partial charge in [0.05, 0.1) is 10.5 Å². The second-order valence-corrected chi connectivity index (χ2v) is 9.92. The van der Waals surface area contributed by atoms with E-state index in [1.165, 1.54) is 17.0 Å². The number of halogens is 7. The summed E-state index contributed by atoms with van der Waals surface area (Å²) in [5, 5.41) is 2.66. The van der Waals surface area contributed by atoms with Gasteiger partial charge in [0, 0.05) is 37.9 Å². The van der Waals surface area contributed by atoms with Gasteiger partial charge in [-0.25, -0.2) is 17.8 Å². The fourth-order valence-corrected chi connectivity index (χ4v) is 4.98. The quantitative estimate of drug-likeness (QED) is 0.456. The molecule has 0 saturated carbocycles. The van der Waals surface area contributed by atoms with Gasteiger partial charge in [0.1, 0.15) is 11.6 Å². The van der Waals surface area contributed by atoms with Crippen molar-refractivity contribution in [1.82, 2.24) is 14.3 Å². The number of nitrogens with zero attached hydrogens (tertiary/aromatic N) is 4. The lowest BCUT2D eigenvalue weighted by molar-refractivity contribution is -0.141. The summed E-state index contributed by atoms with van der Waals surface area (Å²) in [5.74, 6) is -1.04. The fraction of sp³-hybridized carbons (Fsp3) is 0.273. The maximum atomic E-state index is 13.5. The Morgan fingerprint density at radius 2 is 1.38 bits per heavy atom. The van der Waals surface area contributed by atoms with Crippen LogP contribution < -0.4 is 10.2 Å². The van der Waals surface area contributed by atoms with Crippen LogP contribution in [0.2, 0.25) is 0 Å². The molecule has 2 heterocycles. The van der Waals surface area contributed by atoms with Crippen LogP contribution in [0.3, 0.4) is 0 Å². The highest BCUT2D eigenvalue weighted by molar-refractivity contribution is 7.89. The van der Waals surface area contributed by atoms with E-state index in [0.717, 1.165) is 28.6 Å². The van der Waals surface area contributed by atoms with E-state index in [1.807, 2.05) is 0 Å². The second kappa shape index (κ2) is 9.78. The minimum absolute atomic E-state index is 0.0723. The molecule has 3 aromatic rings. The van der Waals surface area contributed by atoms with Crippen molar-refractivity contribution in [2.75, 3.05) is 36.4 Å². The Balaban J connectivity index is 1.52. The van der Waals surface area contributed by atoms with Crippen LogP contribution in [-0.4, -0.2) is 48.9 Å². The maximum absolute atomic E-state index is 13.5. The van der Waals surface area contributed by atoms with E-state index >= 15 is 0 Å². The van der Waals surface area contributed by atoms with Crippen LogP contribution >= 0.6 is 0 Å². The van der Waals surface area contributed by atoms with Gasteiger partial charge >= 0.3 is 12.4 Å². The van der Waals surface area contributed by atoms with Gasteiger partial charge in [-0.15, -0.1) is 0 Å². The van der Waals surface area contributed by atoms with Crippen molar-refractivity contribution < 1.29 is 39.2 Å². The average Bonchev–Trinajstić information content (AvgIpc) is 2.84. The van der Waals surface area contributed by atoms with Gasteiger partial charge in [-0.1, -0.05) is 0 Å². The molecule has 1 aliphatic rings. The van der Waals surface area contributed by atoms with E-state index in [1.54, 1.807) is 0 Å². The molecule has 37 heavy (non-hydrogen) atoms. The lowest BCUT2D eigenvalue weighted by atomic mass is 10.2. The smallest absolute Gasteiger partial charge is 0.340 e. The van der Waals surface area contributed by atoms with Crippen LogP contribution in [0.4, 0.5) is 48.2 Å². The zero-order valence-electron chi connectivity index (χ0n) is 18.7. The van der Waals surface area contributed by atoms with Crippen LogP contribution in [0.15, 0.2) is 59.5 Å². The lowest BCUT2D eigenvalue weighted by Crippen LogP contribution is -2.49. The highest BCUT2D eigenvalue weighted by Crippen LogP contribution is 2.32. The Bertz CT molecular complexity index is 1350. The predicted octanol–water partition coefficient (Wildman–Crippen LogP) is 4.91. The van der Waals surface area contributed by atoms with Crippen LogP contribution in [-0.2, 0) is 22.4 Å². The van der Waals surface area contributed by atoms with Crippen LogP contribution in [0, 0.1) is 5.82 Å². The van der Waals surface area contributed by atoms with Crippen molar-refractivity contribution in [2.24, 2.45) is 0 Å². The summed E-state index contributed by atoms with van der Waals surface area (Å²) < 4.78 is 119. The van der Waals surface area contributed by atoms with Gasteiger partial charge < -0.3 is 10.2 Å². The number of anilines is 3. The normalized spacial score (nSPS) is 15.6. The predicted molar refractivity (Wildman–Crippen MR) is 119 cm³/mol. The Hall–Kier alpha value is -3.46. The molecule has 0 unspecified atom stereocenters. The highest BCUT2D eigenvalue weighted by atomic mass is 32.2. The SMILES string of the molecule is O=S(=O)(c1ccc(C(F)(F)F)cc1)N1CCN(c2nc(Nc3ccc(F)cc3)cc(C(F)(F)F)n2)CC1. The van der Waals surface area contributed by atoms with Crippen molar-refractivity contribution in [3.05, 3.63) is 71.7 Å². The molecule has 2 aromatic carbocycles. The van der Waals surface area contributed by atoms with E-state index in [0.29, 0.717) is 18.2 Å². The minimum Gasteiger partial charge on any atom is -0.340 e. The molecule has 0 aliphatic carbocycles. The van der Waals surface area contributed by atoms with Crippen molar-refractivity contribution in [2.45, 2.75) is 17.2 Å². The molecule has 0 spiro atoms. The summed E-state index contributed by atoms with van der Waals surface area (Å²) >= 11 is 0. The number of hydrogen-bond acceptors (Lipinski definition) is 6. The summed E-state index contributed by atoms with van der Waals surface area (Å²) in [6.07, 6.45) is -9.42. The molecule has 0 bridgehead atoms. The third-order valence-corrected chi connectivity index (χ3v) is 7.38. The van der Waals surface area contributed by atoms with Crippen molar-refractivity contribution in [3.8, 4) is 0 Å². The topological polar surface area (TPSA) is 78.4 Å². The lowest BCUT2D eigenvalue weighted by Gasteiger charge is -2.34. The molecular weight excluding hydrogens is 531 g/mol. The summed E-state index contributed by atoms with van der Waals surface area (Å²) in [5.41, 5.74) is -1.95. The molecule has 4 rings (SSSR count). The zero-order chi connectivity index (χ0) is 27.0. The van der Waals surface area contributed by atoms with Crippen molar-refractivity contribution in [3.63, 3.8) is 0 Å². The number of alkyl halides is 6. The van der Waals surface area contributed by atoms with E-state index < -0.39 is 39.5 Å². The molecule has 0 amide bonds. The van der Waals surface area contributed by atoms with Crippen LogP contribution in [0.5, 0.6) is 0 Å². The molecule has 1 saturated heterocycles. The van der Waals surface area contributed by atoms with Gasteiger partial charge in [0.2, 0.25) is 16.0 Å². The maximum Gasteiger partial charge on any atom is 0.433 e. The van der Waals surface area contributed by atoms with Crippen LogP contribution in [0.25, 0.3) is 0 Å². The molecule has 1 N–H and O–H groups in total. The number of piperazine rings is 1. The number of sulfonamides is 1. The largest absolute Gasteiger partial charge is 0.433 e. The molecule has 15 heteroatoms. The number of rotatable bonds is 5. The Morgan fingerprint density at radius 1 is 0.784 bits per heavy atom. The van der Waals surface area contributed by atoms with Crippen molar-refractivity contribution >= 4 is 27.5 Å². The first kappa shape index (κ1) is 26.6. The third-order valence-electron chi connectivity index (χ3n) is 5.46. The molecule has 0 radical (unpaired) electrons. The molecule has 7 nitrogen and oxygen atoms in total. The van der Waals surface area contributed by atoms with Crippen molar-refractivity contribution in [1.29, 1.82) is 0 Å². The molecule has 1 fully saturated rings. The summed E-state index contributed by atoms with van der Waals surface area (Å²) in [6, 6.07) is 8.59. The molecule has 198 valence electrons. The zero-order valence-corrected chi connectivity index (χ0v) is 19.5. The molecule has 1 aromatic heterocycles. The first-order valence-corrected chi connectivity index (χ1v) is 12.1. The monoisotopic (exact) mass is 549 g/mol. The highest BCUT2D eigenvalue weighted by Gasteiger charge is 2.36. The third kappa shape index (κ3) is 6.10. The summed E-state index contributed by atoms with van der Waals surface area (Å²) in [4.78, 5) is 8.71. The van der Waals surface area contributed by atoms with E-state index in [2.05, 4.69) is 15.3 Å². The summed E-state index contributed by atoms with van der Waals surface area (Å²) in [6.45, 7) is -0.471. The van der Waals surface area contributed by atoms with Crippen LogP contribution in [0.1, 0.15) is 11.3 Å². The minimum atomic E-state index is -4.80. The van der Waals surface area contributed by atoms with E-state index in [4.69, 9.17) is 0 Å². The average molecular weight is 549 g/mol. The van der Waals surface area contributed by atoms with Gasteiger partial charge in [-0.05, 0) is 48.5 Å². The first-order valence-electron chi connectivity index (χ1n) is 10.6. The molecular formula is C22H18F7N5O2S. The Kier molecular flexibility index (Phi) is 7.03. The summed E-state index contributed by atoms with van der Waals surface area (Å²) in [7, 11) is -4.14. The first-order chi connectivity index (χ1) is 17.2. The van der Waals surface area contributed by atoms with Gasteiger partial charge in [0.15, 0.2) is 5.69 Å². The Labute approximate surface area is 206 Å². The second-order valence-electron chi connectivity index (χ2n) is 7.98. The fourth-order valence-electron chi connectivity index (χ4n) is 3.56. The van der Waals surface area contributed by atoms with E-state index in [9.17, 15) is 39.2 Å². The standard InChI is InChI=1S/C22H18F7N5O2S/c23-15-3-5-16(6-4-15)30-19-13-18(22(27,28)29)31-20(32-19)33-9-11-34(12-10-33)37(35,36)17-7-1-14(2-8-17)21(24,25)26/h1-8,13H,9-12H2,(H,30,31,32). The molecule has 1 aliphatic heterocycles. The van der Waals surface area contributed by atoms with E-state index in [-0.39, 0.29) is 48.5 Å². The number of hydrogen-bond donors (Lipinski definition) is 1. The van der Waals surface area contributed by atoms with Gasteiger partial charge in [-0.3, -0.25) is 0 Å². The number of aromatic nitrogens is 2. The Morgan fingerprint density at radius 3 is 1.92 bits per heavy atom. The number of benzene rings is 2. The molecule has 0 atom stereocenters. The van der Waals surface area contributed by atoms with Gasteiger partial charge in [0.25, 0.3) is 0 Å². The number of nitrogens with one attached hydrogen (secondary N) is 1. The van der Waals surface area contributed by atoms with Gasteiger partial charge in [-0.2, -0.15) is 35.6 Å².